The summed E-state index contributed by atoms with van der Waals surface area (Å²) >= 11 is 0. The van der Waals surface area contributed by atoms with Crippen LogP contribution in [0.25, 0.3) is 11.2 Å². The molecule has 0 amide bonds. The number of phosphoric ester groups is 1. The van der Waals surface area contributed by atoms with Crippen molar-refractivity contribution < 1.29 is 66.5 Å². The number of carbonyl (C=O) groups excluding carboxylic acids is 2. The molecule has 6 rings (SSSR count). The van der Waals surface area contributed by atoms with E-state index in [0.717, 1.165) is 16.6 Å². The molecule has 2 aliphatic heterocycles. The van der Waals surface area contributed by atoms with Gasteiger partial charge in [-0.3, -0.25) is 27.8 Å². The summed E-state index contributed by atoms with van der Waals surface area (Å²) in [4.78, 5) is 85.6. The molecule has 0 bridgehead atoms. The number of rotatable bonds is 17. The minimum atomic E-state index is -5.11. The molecule has 1 aromatic carbocycles. The third-order valence-electron chi connectivity index (χ3n) is 9.19. The Kier molecular flexibility index (Phi) is 14.4. The number of hydrogen-bond acceptors (Lipinski definition) is 21. The van der Waals surface area contributed by atoms with E-state index in [1.165, 1.54) is 44.7 Å². The smallest absolute Gasteiger partial charge is 0.455 e. The lowest BCUT2D eigenvalue weighted by atomic mass is 10.1. The van der Waals surface area contributed by atoms with Crippen molar-refractivity contribution in [1.82, 2.24) is 29.1 Å². The third kappa shape index (κ3) is 10.5. The van der Waals surface area contributed by atoms with Gasteiger partial charge in [-0.2, -0.15) is 4.98 Å². The number of aliphatic hydroxyl groups is 1. The monoisotopic (exact) mass is 917 g/mol. The first-order valence-corrected chi connectivity index (χ1v) is 23.4. The van der Waals surface area contributed by atoms with Crippen LogP contribution in [-0.2, 0) is 42.0 Å². The number of esters is 2. The van der Waals surface area contributed by atoms with Crippen LogP contribution in [0, 0.1) is 6.92 Å². The molecular weight excluding hydrogens is 876 g/mol. The van der Waals surface area contributed by atoms with E-state index in [-0.39, 0.29) is 22.8 Å². The number of aromatic nitrogens is 6. The van der Waals surface area contributed by atoms with Crippen molar-refractivity contribution >= 4 is 71.7 Å². The Bertz CT molecular complexity index is 2370. The first-order chi connectivity index (χ1) is 28.4. The highest BCUT2D eigenvalue weighted by atomic mass is 33.1. The van der Waals surface area contributed by atoms with Crippen LogP contribution in [0.15, 0.2) is 52.8 Å². The molecule has 0 spiro atoms. The predicted octanol–water partition coefficient (Wildman–Crippen LogP) is 0.777. The van der Waals surface area contributed by atoms with Gasteiger partial charge < -0.3 is 60.5 Å². The highest BCUT2D eigenvalue weighted by Crippen LogP contribution is 2.56. The Morgan fingerprint density at radius 2 is 1.80 bits per heavy atom. The molecule has 2 aliphatic rings. The van der Waals surface area contributed by atoms with Crippen LogP contribution in [0.2, 0.25) is 0 Å². The van der Waals surface area contributed by atoms with Crippen molar-refractivity contribution in [2.75, 3.05) is 30.4 Å². The first-order valence-electron chi connectivity index (χ1n) is 17.9. The van der Waals surface area contributed by atoms with E-state index in [1.54, 1.807) is 25.1 Å². The number of nitrogens with two attached hydrogens (primary N) is 3. The zero-order valence-corrected chi connectivity index (χ0v) is 35.0. The summed E-state index contributed by atoms with van der Waals surface area (Å²) in [5, 5.41) is 11.6. The number of nitrogen functional groups attached to an aromatic ring is 2. The Balaban J connectivity index is 1.21. The Hall–Kier alpha value is -4.01. The van der Waals surface area contributed by atoms with Crippen molar-refractivity contribution in [3.05, 3.63) is 59.2 Å². The molecule has 0 saturated carbocycles. The number of para-hydroxylation sites is 1. The van der Waals surface area contributed by atoms with Crippen LogP contribution in [0.4, 0.5) is 11.6 Å². The van der Waals surface area contributed by atoms with Gasteiger partial charge in [0.15, 0.2) is 23.8 Å². The number of benzene rings is 1. The molecule has 0 radical (unpaired) electrons. The maximum atomic E-state index is 14.0. The standard InChI is InChI=1S/C32H41N9O15P2S2/c1-3-59-60-20-6-4-5-15(2)26(20)55-23(42)9-16(33)31(44)56-27-18(54-30(25(27)43)41-14-38-24-28(35)36-13-37-29(24)41)12-51-57(46,47)19-10-22(40-8-7-21(34)39-32(40)45)53-17(19)11-52-58(48,49)50/h4-8,13-14,16-19,22,25,27,30,43H,3,9-12,33H2,1-2H3,(H,46,47)(H2,34,39,45)(H2,35,36,37)(H2,48,49,50)/t16-,17?,18?,19-,22+,25+,27+,30+/m0/s1. The van der Waals surface area contributed by atoms with Gasteiger partial charge in [-0.1, -0.05) is 40.6 Å². The number of aliphatic hydroxyl groups excluding tert-OH is 1. The second-order valence-corrected chi connectivity index (χ2v) is 19.3. The molecule has 326 valence electrons. The second kappa shape index (κ2) is 18.9. The summed E-state index contributed by atoms with van der Waals surface area (Å²) in [5.74, 6) is -1.06. The minimum absolute atomic E-state index is 0.0000843. The summed E-state index contributed by atoms with van der Waals surface area (Å²) in [6, 6.07) is 4.98. The number of nitrogens with zero attached hydrogens (tertiary/aromatic N) is 6. The number of fused-ring (bicyclic) bond motifs is 1. The largest absolute Gasteiger partial charge is 0.469 e. The van der Waals surface area contributed by atoms with E-state index < -0.39 is 108 Å². The molecule has 0 aliphatic carbocycles. The van der Waals surface area contributed by atoms with Gasteiger partial charge in [0.25, 0.3) is 0 Å². The van der Waals surface area contributed by atoms with Gasteiger partial charge in [-0.25, -0.2) is 24.3 Å². The lowest BCUT2D eigenvalue weighted by Crippen LogP contribution is -2.44. The number of imidazole rings is 1. The van der Waals surface area contributed by atoms with Crippen LogP contribution in [0.3, 0.4) is 0 Å². The van der Waals surface area contributed by atoms with Gasteiger partial charge in [0, 0.05) is 18.4 Å². The summed E-state index contributed by atoms with van der Waals surface area (Å²) in [6.07, 6.45) is -6.69. The van der Waals surface area contributed by atoms with Crippen molar-refractivity contribution in [3.8, 4) is 5.75 Å². The summed E-state index contributed by atoms with van der Waals surface area (Å²) in [5.41, 5.74) is 16.1. The average Bonchev–Trinajstić information content (AvgIpc) is 3.89. The maximum absolute atomic E-state index is 14.0. The van der Waals surface area contributed by atoms with Gasteiger partial charge in [-0.05, 0) is 24.6 Å². The van der Waals surface area contributed by atoms with Gasteiger partial charge >= 0.3 is 33.0 Å². The van der Waals surface area contributed by atoms with Crippen LogP contribution < -0.4 is 27.6 Å². The van der Waals surface area contributed by atoms with Gasteiger partial charge in [0.2, 0.25) is 0 Å². The minimum Gasteiger partial charge on any atom is -0.455 e. The predicted molar refractivity (Wildman–Crippen MR) is 212 cm³/mol. The lowest BCUT2D eigenvalue weighted by molar-refractivity contribution is -0.159. The lowest BCUT2D eigenvalue weighted by Gasteiger charge is -2.26. The van der Waals surface area contributed by atoms with Crippen LogP contribution in [-0.4, -0.2) is 116 Å². The molecule has 4 aromatic rings. The highest BCUT2D eigenvalue weighted by molar-refractivity contribution is 8.76. The number of carbonyl (C=O) groups is 2. The molecule has 60 heavy (non-hydrogen) atoms. The van der Waals surface area contributed by atoms with Crippen LogP contribution in [0.5, 0.6) is 5.75 Å². The highest BCUT2D eigenvalue weighted by Gasteiger charge is 2.52. The number of phosphoric acid groups is 1. The Morgan fingerprint density at radius 1 is 1.05 bits per heavy atom. The van der Waals surface area contributed by atoms with Gasteiger partial charge in [0.05, 0.1) is 42.6 Å². The van der Waals surface area contributed by atoms with Crippen molar-refractivity contribution in [1.29, 1.82) is 0 Å². The van der Waals surface area contributed by atoms with E-state index in [0.29, 0.717) is 16.2 Å². The molecule has 24 nitrogen and oxygen atoms in total. The number of aryl methyl sites for hydroxylation is 1. The molecule has 9 atom stereocenters. The van der Waals surface area contributed by atoms with E-state index in [2.05, 4.69) is 24.5 Å². The van der Waals surface area contributed by atoms with E-state index >= 15 is 0 Å². The summed E-state index contributed by atoms with van der Waals surface area (Å²) in [6.45, 7) is 1.95. The molecule has 2 saturated heterocycles. The topological polar surface area (TPSA) is 361 Å². The summed E-state index contributed by atoms with van der Waals surface area (Å²) in [7, 11) is -7.14. The average molecular weight is 918 g/mol. The van der Waals surface area contributed by atoms with Crippen molar-refractivity contribution in [2.24, 2.45) is 5.73 Å². The van der Waals surface area contributed by atoms with Crippen LogP contribution >= 0.6 is 37.0 Å². The van der Waals surface area contributed by atoms with Crippen molar-refractivity contribution in [2.45, 2.75) is 80.2 Å². The molecule has 3 unspecified atom stereocenters. The maximum Gasteiger partial charge on any atom is 0.469 e. The second-order valence-electron chi connectivity index (χ2n) is 13.3. The first kappa shape index (κ1) is 45.5. The molecular formula is C32H41N9O15P2S2. The molecule has 28 heteroatoms. The zero-order valence-electron chi connectivity index (χ0n) is 31.6. The summed E-state index contributed by atoms with van der Waals surface area (Å²) < 4.78 is 60.8. The van der Waals surface area contributed by atoms with Gasteiger partial charge in [0.1, 0.15) is 47.9 Å². The fourth-order valence-corrected chi connectivity index (χ4v) is 10.0. The third-order valence-corrected chi connectivity index (χ3v) is 14.0. The molecule has 10 N–H and O–H groups in total. The van der Waals surface area contributed by atoms with E-state index in [9.17, 15) is 43.3 Å². The van der Waals surface area contributed by atoms with E-state index in [4.69, 9.17) is 40.7 Å². The Morgan fingerprint density at radius 3 is 2.52 bits per heavy atom. The fraction of sp³-hybridized carbons (Fsp3) is 0.469. The van der Waals surface area contributed by atoms with E-state index in [1.807, 2.05) is 6.92 Å². The van der Waals surface area contributed by atoms with Crippen LogP contribution in [0.1, 0.15) is 37.8 Å². The number of anilines is 2. The number of ether oxygens (including phenoxy) is 4. The molecule has 3 aromatic heterocycles. The number of hydrogen-bond donors (Lipinski definition) is 7. The molecule has 5 heterocycles. The molecule has 2 fully saturated rings. The van der Waals surface area contributed by atoms with Crippen molar-refractivity contribution in [3.63, 3.8) is 0 Å². The normalized spacial score (nSPS) is 24.6. The Labute approximate surface area is 347 Å². The van der Waals surface area contributed by atoms with Gasteiger partial charge in [-0.15, -0.1) is 0 Å². The zero-order chi connectivity index (χ0) is 43.5. The fourth-order valence-electron chi connectivity index (χ4n) is 6.34. The quantitative estimate of drug-likeness (QED) is 0.0333. The SMILES string of the molecule is CCSSc1cccc(C)c1OC(=O)C[C@H](N)C(=O)O[C@@H]1C(COP(=O)(O)[C@H]2C[C@H](n3ccc(N)nc3=O)OC2COP(=O)(O)O)O[C@@H](n2cnc3c(N)ncnc32)[C@@H]1O.